The van der Waals surface area contributed by atoms with Gasteiger partial charge < -0.3 is 10.4 Å². The maximum absolute atomic E-state index is 11.9. The van der Waals surface area contributed by atoms with Gasteiger partial charge in [-0.05, 0) is 49.9 Å². The van der Waals surface area contributed by atoms with Crippen LogP contribution in [0.25, 0.3) is 0 Å². The molecule has 0 bridgehead atoms. The zero-order valence-electron chi connectivity index (χ0n) is 11.7. The summed E-state index contributed by atoms with van der Waals surface area (Å²) < 4.78 is 0. The van der Waals surface area contributed by atoms with Gasteiger partial charge in [0.05, 0.1) is 0 Å². The van der Waals surface area contributed by atoms with E-state index in [-0.39, 0.29) is 18.2 Å². The van der Waals surface area contributed by atoms with Crippen molar-refractivity contribution >= 4 is 11.9 Å². The van der Waals surface area contributed by atoms with Crippen molar-refractivity contribution < 1.29 is 14.7 Å². The maximum atomic E-state index is 11.9. The van der Waals surface area contributed by atoms with Gasteiger partial charge in [0.1, 0.15) is 0 Å². The molecule has 0 heterocycles. The largest absolute Gasteiger partial charge is 0.481 e. The SMILES string of the molecule is CCC(CCNC(=O)C1CC2CC2C1)CCC(=O)O. The lowest BCUT2D eigenvalue weighted by Gasteiger charge is -2.16. The highest BCUT2D eigenvalue weighted by Crippen LogP contribution is 2.54. The smallest absolute Gasteiger partial charge is 0.303 e. The molecule has 0 radical (unpaired) electrons. The molecule has 2 aliphatic carbocycles. The van der Waals surface area contributed by atoms with Crippen LogP contribution in [0.1, 0.15) is 51.9 Å². The number of aliphatic carboxylic acids is 1. The minimum Gasteiger partial charge on any atom is -0.481 e. The highest BCUT2D eigenvalue weighted by molar-refractivity contribution is 5.79. The number of carboxylic acid groups (broad SMARTS) is 1. The van der Waals surface area contributed by atoms with E-state index in [0.29, 0.717) is 12.5 Å². The molecule has 2 fully saturated rings. The van der Waals surface area contributed by atoms with Crippen LogP contribution in [0, 0.1) is 23.7 Å². The molecule has 3 atom stereocenters. The third-order valence-corrected chi connectivity index (χ3v) is 4.81. The summed E-state index contributed by atoms with van der Waals surface area (Å²) in [5.74, 6) is 1.84. The molecule has 4 nitrogen and oxygen atoms in total. The van der Waals surface area contributed by atoms with Gasteiger partial charge >= 0.3 is 5.97 Å². The Hall–Kier alpha value is -1.06. The lowest BCUT2D eigenvalue weighted by atomic mass is 9.96. The van der Waals surface area contributed by atoms with Crippen LogP contribution < -0.4 is 5.32 Å². The lowest BCUT2D eigenvalue weighted by Crippen LogP contribution is -2.31. The van der Waals surface area contributed by atoms with Crippen molar-refractivity contribution in [2.75, 3.05) is 6.54 Å². The van der Waals surface area contributed by atoms with Gasteiger partial charge in [-0.25, -0.2) is 0 Å². The van der Waals surface area contributed by atoms with E-state index in [1.807, 2.05) is 0 Å². The van der Waals surface area contributed by atoms with Gasteiger partial charge in [-0.3, -0.25) is 9.59 Å². The van der Waals surface area contributed by atoms with Gasteiger partial charge in [0.25, 0.3) is 0 Å². The Kier molecular flexibility index (Phi) is 4.83. The molecule has 1 amide bonds. The minimum absolute atomic E-state index is 0.222. The van der Waals surface area contributed by atoms with Crippen LogP contribution in [0.3, 0.4) is 0 Å². The number of rotatable bonds is 8. The fraction of sp³-hybridized carbons (Fsp3) is 0.867. The Balaban J connectivity index is 1.58. The molecule has 0 aliphatic heterocycles. The van der Waals surface area contributed by atoms with Crippen molar-refractivity contribution in [3.63, 3.8) is 0 Å². The van der Waals surface area contributed by atoms with E-state index in [1.165, 1.54) is 6.42 Å². The zero-order valence-corrected chi connectivity index (χ0v) is 11.7. The number of amides is 1. The van der Waals surface area contributed by atoms with Gasteiger partial charge in [0, 0.05) is 18.9 Å². The minimum atomic E-state index is -0.729. The van der Waals surface area contributed by atoms with Crippen LogP contribution in [0.2, 0.25) is 0 Å². The normalized spacial score (nSPS) is 29.6. The average Bonchev–Trinajstić information content (AvgIpc) is 2.99. The molecule has 2 saturated carbocycles. The van der Waals surface area contributed by atoms with E-state index in [1.54, 1.807) is 0 Å². The molecule has 0 aromatic carbocycles. The maximum Gasteiger partial charge on any atom is 0.303 e. The van der Waals surface area contributed by atoms with Gasteiger partial charge in [0.15, 0.2) is 0 Å². The molecule has 0 spiro atoms. The van der Waals surface area contributed by atoms with E-state index in [2.05, 4.69) is 12.2 Å². The first-order valence-corrected chi connectivity index (χ1v) is 7.59. The quantitative estimate of drug-likeness (QED) is 0.710. The highest BCUT2D eigenvalue weighted by Gasteiger charge is 2.47. The van der Waals surface area contributed by atoms with E-state index in [0.717, 1.165) is 43.9 Å². The molecular weight excluding hydrogens is 242 g/mol. The van der Waals surface area contributed by atoms with Gasteiger partial charge in [-0.15, -0.1) is 0 Å². The van der Waals surface area contributed by atoms with Gasteiger partial charge in [-0.2, -0.15) is 0 Å². The second-order valence-electron chi connectivity index (χ2n) is 6.21. The van der Waals surface area contributed by atoms with Crippen LogP contribution in [0.5, 0.6) is 0 Å². The molecule has 2 aliphatic rings. The summed E-state index contributed by atoms with van der Waals surface area (Å²) in [6, 6.07) is 0. The Morgan fingerprint density at radius 3 is 2.47 bits per heavy atom. The number of fused-ring (bicyclic) bond motifs is 1. The summed E-state index contributed by atoms with van der Waals surface area (Å²) in [5, 5.41) is 11.7. The lowest BCUT2D eigenvalue weighted by molar-refractivity contribution is -0.137. The zero-order chi connectivity index (χ0) is 13.8. The van der Waals surface area contributed by atoms with Crippen LogP contribution in [-0.2, 0) is 9.59 Å². The van der Waals surface area contributed by atoms with Crippen molar-refractivity contribution in [1.82, 2.24) is 5.32 Å². The predicted molar refractivity (Wildman–Crippen MR) is 72.6 cm³/mol. The molecular formula is C15H25NO3. The van der Waals surface area contributed by atoms with Crippen molar-refractivity contribution in [2.45, 2.75) is 51.9 Å². The molecule has 3 unspecified atom stereocenters. The third kappa shape index (κ3) is 4.22. The van der Waals surface area contributed by atoms with Crippen molar-refractivity contribution in [1.29, 1.82) is 0 Å². The summed E-state index contributed by atoms with van der Waals surface area (Å²) in [4.78, 5) is 22.5. The monoisotopic (exact) mass is 267 g/mol. The predicted octanol–water partition coefficient (Wildman–Crippen LogP) is 2.43. The number of hydrogen-bond donors (Lipinski definition) is 2. The Bertz CT molecular complexity index is 332. The first kappa shape index (κ1) is 14.4. The number of carboxylic acids is 1. The molecule has 0 aromatic rings. The van der Waals surface area contributed by atoms with E-state index in [9.17, 15) is 9.59 Å². The first-order chi connectivity index (χ1) is 9.10. The van der Waals surface area contributed by atoms with Crippen LogP contribution in [0.4, 0.5) is 0 Å². The van der Waals surface area contributed by atoms with Crippen LogP contribution in [0.15, 0.2) is 0 Å². The molecule has 0 aromatic heterocycles. The molecule has 2 rings (SSSR count). The second-order valence-corrected chi connectivity index (χ2v) is 6.21. The fourth-order valence-corrected chi connectivity index (χ4v) is 3.35. The van der Waals surface area contributed by atoms with Crippen molar-refractivity contribution in [3.05, 3.63) is 0 Å². The standard InChI is InChI=1S/C15H25NO3/c1-2-10(3-4-14(17)18)5-6-16-15(19)13-8-11-7-12(11)9-13/h10-13H,2-9H2,1H3,(H,16,19)(H,17,18). The molecule has 108 valence electrons. The topological polar surface area (TPSA) is 66.4 Å². The number of nitrogens with one attached hydrogen (secondary N) is 1. The molecule has 0 saturated heterocycles. The van der Waals surface area contributed by atoms with E-state index < -0.39 is 5.97 Å². The fourth-order valence-electron chi connectivity index (χ4n) is 3.35. The number of carbonyl (C=O) groups is 2. The number of carbonyl (C=O) groups excluding carboxylic acids is 1. The third-order valence-electron chi connectivity index (χ3n) is 4.81. The summed E-state index contributed by atoms with van der Waals surface area (Å²) in [5.41, 5.74) is 0. The van der Waals surface area contributed by atoms with Crippen molar-refractivity contribution in [2.24, 2.45) is 23.7 Å². The van der Waals surface area contributed by atoms with Crippen LogP contribution in [-0.4, -0.2) is 23.5 Å². The average molecular weight is 267 g/mol. The molecule has 2 N–H and O–H groups in total. The van der Waals surface area contributed by atoms with Crippen molar-refractivity contribution in [3.8, 4) is 0 Å². The molecule has 19 heavy (non-hydrogen) atoms. The van der Waals surface area contributed by atoms with E-state index in [4.69, 9.17) is 5.11 Å². The van der Waals surface area contributed by atoms with E-state index >= 15 is 0 Å². The summed E-state index contributed by atoms with van der Waals surface area (Å²) in [7, 11) is 0. The van der Waals surface area contributed by atoms with Gasteiger partial charge in [0.2, 0.25) is 5.91 Å². The summed E-state index contributed by atoms with van der Waals surface area (Å²) >= 11 is 0. The second kappa shape index (κ2) is 6.40. The first-order valence-electron chi connectivity index (χ1n) is 7.59. The Morgan fingerprint density at radius 1 is 1.21 bits per heavy atom. The molecule has 4 heteroatoms. The number of hydrogen-bond acceptors (Lipinski definition) is 2. The summed E-state index contributed by atoms with van der Waals surface area (Å²) in [6.45, 7) is 2.78. The summed E-state index contributed by atoms with van der Waals surface area (Å²) in [6.07, 6.45) is 6.36. The van der Waals surface area contributed by atoms with Crippen LogP contribution >= 0.6 is 0 Å². The highest BCUT2D eigenvalue weighted by atomic mass is 16.4. The Labute approximate surface area is 115 Å². The Morgan fingerprint density at radius 2 is 1.89 bits per heavy atom. The van der Waals surface area contributed by atoms with Gasteiger partial charge in [-0.1, -0.05) is 13.3 Å².